The van der Waals surface area contributed by atoms with Crippen LogP contribution >= 0.6 is 22.6 Å². The standard InChI is InChI=1S/C7H16O3S3.Na/c1-11-6-4-2-3-5-7-12-13(8,9)10;/h2-7H2,1H3,(H,8,9,10);/q;+1/p-1. The largest absolute Gasteiger partial charge is 1.00 e. The van der Waals surface area contributed by atoms with Crippen LogP contribution in [-0.2, 0) is 9.15 Å². The molecule has 0 bridgehead atoms. The van der Waals surface area contributed by atoms with Gasteiger partial charge < -0.3 is 4.55 Å². The molecular formula is C7H15NaO3S3. The summed E-state index contributed by atoms with van der Waals surface area (Å²) >= 11 is 1.82. The van der Waals surface area contributed by atoms with Crippen molar-refractivity contribution in [3.63, 3.8) is 0 Å². The van der Waals surface area contributed by atoms with Gasteiger partial charge in [-0.05, 0) is 35.6 Å². The van der Waals surface area contributed by atoms with Crippen LogP contribution in [0.5, 0.6) is 0 Å². The van der Waals surface area contributed by atoms with E-state index < -0.39 is 9.15 Å². The Morgan fingerprint density at radius 2 is 1.57 bits per heavy atom. The monoisotopic (exact) mass is 266 g/mol. The van der Waals surface area contributed by atoms with Gasteiger partial charge in [0.05, 0.1) is 0 Å². The van der Waals surface area contributed by atoms with Crippen molar-refractivity contribution in [1.82, 2.24) is 0 Å². The van der Waals surface area contributed by atoms with E-state index in [4.69, 9.17) is 0 Å². The van der Waals surface area contributed by atoms with E-state index in [1.807, 2.05) is 11.8 Å². The average Bonchev–Trinajstić information content (AvgIpc) is 2.01. The van der Waals surface area contributed by atoms with Crippen LogP contribution in [0.25, 0.3) is 0 Å². The molecule has 0 radical (unpaired) electrons. The fraction of sp³-hybridized carbons (Fsp3) is 1.00. The second kappa shape index (κ2) is 11.1. The van der Waals surface area contributed by atoms with Crippen molar-refractivity contribution in [2.75, 3.05) is 17.8 Å². The average molecular weight is 266 g/mol. The maximum Gasteiger partial charge on any atom is 1.00 e. The van der Waals surface area contributed by atoms with Crippen LogP contribution in [-0.4, -0.2) is 30.7 Å². The van der Waals surface area contributed by atoms with Gasteiger partial charge in [0.2, 0.25) is 0 Å². The number of rotatable bonds is 8. The molecule has 0 aromatic carbocycles. The van der Waals surface area contributed by atoms with Crippen molar-refractivity contribution in [3.05, 3.63) is 0 Å². The van der Waals surface area contributed by atoms with Gasteiger partial charge in [-0.3, -0.25) is 0 Å². The topological polar surface area (TPSA) is 57.2 Å². The molecule has 80 valence electrons. The molecule has 0 atom stereocenters. The van der Waals surface area contributed by atoms with Gasteiger partial charge >= 0.3 is 29.6 Å². The van der Waals surface area contributed by atoms with Crippen LogP contribution in [0.15, 0.2) is 0 Å². The van der Waals surface area contributed by atoms with Crippen molar-refractivity contribution < 1.29 is 42.5 Å². The van der Waals surface area contributed by atoms with Crippen LogP contribution < -0.4 is 29.6 Å². The third-order valence-corrected chi connectivity index (χ3v) is 4.28. The van der Waals surface area contributed by atoms with Crippen LogP contribution in [0.4, 0.5) is 0 Å². The summed E-state index contributed by atoms with van der Waals surface area (Å²) in [5.74, 6) is 1.60. The minimum Gasteiger partial charge on any atom is -0.739 e. The molecule has 0 aliphatic rings. The number of hydrogen-bond donors (Lipinski definition) is 0. The second-order valence-corrected chi connectivity index (χ2v) is 7.02. The Morgan fingerprint density at radius 3 is 2.00 bits per heavy atom. The molecule has 0 saturated carbocycles. The van der Waals surface area contributed by atoms with E-state index in [0.29, 0.717) is 16.5 Å². The van der Waals surface area contributed by atoms with E-state index in [0.717, 1.165) is 25.0 Å². The van der Waals surface area contributed by atoms with Gasteiger partial charge in [0.15, 0.2) is 0 Å². The minimum atomic E-state index is -4.06. The molecule has 0 aromatic rings. The molecule has 0 spiro atoms. The summed E-state index contributed by atoms with van der Waals surface area (Å²) in [5.41, 5.74) is 0. The molecule has 3 nitrogen and oxygen atoms in total. The Morgan fingerprint density at radius 1 is 1.07 bits per heavy atom. The molecule has 0 saturated heterocycles. The molecule has 0 aromatic heterocycles. The molecule has 0 fully saturated rings. The van der Waals surface area contributed by atoms with E-state index in [-0.39, 0.29) is 29.6 Å². The Kier molecular flexibility index (Phi) is 14.3. The summed E-state index contributed by atoms with van der Waals surface area (Å²) < 4.78 is 30.5. The van der Waals surface area contributed by atoms with Crippen molar-refractivity contribution in [1.29, 1.82) is 0 Å². The van der Waals surface area contributed by atoms with Gasteiger partial charge in [-0.15, -0.1) is 0 Å². The third kappa shape index (κ3) is 16.1. The predicted octanol–water partition coefficient (Wildman–Crippen LogP) is -0.893. The van der Waals surface area contributed by atoms with Crippen LogP contribution in [0.1, 0.15) is 25.7 Å². The first-order valence-corrected chi connectivity index (χ1v) is 8.46. The van der Waals surface area contributed by atoms with Gasteiger partial charge in [0.1, 0.15) is 9.15 Å². The molecule has 0 heterocycles. The van der Waals surface area contributed by atoms with Crippen LogP contribution in [0.2, 0.25) is 0 Å². The Labute approximate surface area is 117 Å². The van der Waals surface area contributed by atoms with Gasteiger partial charge in [-0.1, -0.05) is 12.8 Å². The van der Waals surface area contributed by atoms with Crippen LogP contribution in [0.3, 0.4) is 0 Å². The molecule has 0 aliphatic carbocycles. The smallest absolute Gasteiger partial charge is 0.739 e. The van der Waals surface area contributed by atoms with Crippen molar-refractivity contribution >= 4 is 31.7 Å². The van der Waals surface area contributed by atoms with Crippen LogP contribution in [0, 0.1) is 0 Å². The summed E-state index contributed by atoms with van der Waals surface area (Å²) in [7, 11) is -3.55. The number of unbranched alkanes of at least 4 members (excludes halogenated alkanes) is 3. The zero-order chi connectivity index (χ0) is 10.2. The molecular weight excluding hydrogens is 251 g/mol. The van der Waals surface area contributed by atoms with Crippen molar-refractivity contribution in [2.45, 2.75) is 25.7 Å². The summed E-state index contributed by atoms with van der Waals surface area (Å²) in [6, 6.07) is 0. The molecule has 0 aliphatic heterocycles. The summed E-state index contributed by atoms with van der Waals surface area (Å²) in [5, 5.41) is 0. The Hall–Kier alpha value is 1.61. The fourth-order valence-corrected chi connectivity index (χ4v) is 2.85. The molecule has 0 unspecified atom stereocenters. The summed E-state index contributed by atoms with van der Waals surface area (Å²) in [4.78, 5) is 0. The second-order valence-electron chi connectivity index (χ2n) is 2.64. The van der Waals surface area contributed by atoms with Crippen molar-refractivity contribution in [3.8, 4) is 0 Å². The predicted molar refractivity (Wildman–Crippen MR) is 59.0 cm³/mol. The van der Waals surface area contributed by atoms with Gasteiger partial charge in [0.25, 0.3) is 0 Å². The molecule has 14 heavy (non-hydrogen) atoms. The van der Waals surface area contributed by atoms with Crippen molar-refractivity contribution in [2.24, 2.45) is 0 Å². The molecule has 0 rings (SSSR count). The summed E-state index contributed by atoms with van der Waals surface area (Å²) in [6.07, 6.45) is 6.21. The van der Waals surface area contributed by atoms with Gasteiger partial charge in [-0.2, -0.15) is 11.8 Å². The molecule has 0 amide bonds. The SMILES string of the molecule is CSCCCCCCSS(=O)(=O)[O-].[Na+]. The fourth-order valence-electron chi connectivity index (χ4n) is 0.863. The minimum absolute atomic E-state index is 0. The zero-order valence-corrected chi connectivity index (χ0v) is 13.1. The van der Waals surface area contributed by atoms with E-state index >= 15 is 0 Å². The third-order valence-electron chi connectivity index (χ3n) is 1.47. The first-order valence-electron chi connectivity index (χ1n) is 4.15. The quantitative estimate of drug-likeness (QED) is 0.247. The maximum atomic E-state index is 10.2. The Balaban J connectivity index is 0. The summed E-state index contributed by atoms with van der Waals surface area (Å²) in [6.45, 7) is 0. The molecule has 7 heteroatoms. The van der Waals surface area contributed by atoms with E-state index in [1.54, 1.807) is 0 Å². The molecule has 0 N–H and O–H groups in total. The first-order chi connectivity index (χ1) is 6.06. The zero-order valence-electron chi connectivity index (χ0n) is 8.69. The number of hydrogen-bond acceptors (Lipinski definition) is 5. The maximum absolute atomic E-state index is 10.2. The van der Waals surface area contributed by atoms with E-state index in [9.17, 15) is 13.0 Å². The first kappa shape index (κ1) is 18.0. The normalized spacial score (nSPS) is 11.0. The van der Waals surface area contributed by atoms with Gasteiger partial charge in [0, 0.05) is 5.75 Å². The van der Waals surface area contributed by atoms with E-state index in [2.05, 4.69) is 6.26 Å². The number of thioether (sulfide) groups is 1. The van der Waals surface area contributed by atoms with E-state index in [1.165, 1.54) is 6.42 Å². The Bertz CT molecular complexity index is 206. The van der Waals surface area contributed by atoms with Gasteiger partial charge in [-0.25, -0.2) is 8.42 Å².